The zero-order valence-electron chi connectivity index (χ0n) is 6.16. The third-order valence-corrected chi connectivity index (χ3v) is 0.289. The molecule has 0 unspecified atom stereocenters. The maximum absolute atomic E-state index is 9.26. The second kappa shape index (κ2) is 17.4. The van der Waals surface area contributed by atoms with Crippen LogP contribution < -0.4 is 15.3 Å². The number of hydrogen-bond donors (Lipinski definition) is 0. The van der Waals surface area contributed by atoms with Crippen molar-refractivity contribution >= 4 is 87.6 Å². The summed E-state index contributed by atoms with van der Waals surface area (Å²) in [5, 5.41) is 25.9. The van der Waals surface area contributed by atoms with Gasteiger partial charge in [0.1, 0.15) is 0 Å². The van der Waals surface area contributed by atoms with Crippen molar-refractivity contribution in [2.45, 2.75) is 13.3 Å². The van der Waals surface area contributed by atoms with Crippen LogP contribution in [0.5, 0.6) is 0 Å². The summed E-state index contributed by atoms with van der Waals surface area (Å²) >= 11 is 0. The van der Waals surface area contributed by atoms with Gasteiger partial charge in [-0.15, -0.1) is 0 Å². The molecule has 0 atom stereocenters. The van der Waals surface area contributed by atoms with Gasteiger partial charge in [-0.25, -0.2) is 0 Å². The fraction of sp³-hybridized carbons (Fsp3) is 0.500. The summed E-state index contributed by atoms with van der Waals surface area (Å²) in [6.07, 6.45) is -2.22. The van der Waals surface area contributed by atoms with Gasteiger partial charge >= 0.3 is 75.5 Å². The van der Waals surface area contributed by atoms with Crippen LogP contribution in [0.4, 0.5) is 4.79 Å². The van der Waals surface area contributed by atoms with E-state index in [1.807, 2.05) is 0 Å². The van der Waals surface area contributed by atoms with Crippen molar-refractivity contribution in [2.24, 2.45) is 0 Å². The summed E-state index contributed by atoms with van der Waals surface area (Å²) in [7, 11) is 0. The first-order valence-electron chi connectivity index (χ1n) is 2.08. The van der Waals surface area contributed by atoms with Crippen LogP contribution in [0.3, 0.4) is 0 Å². The molecule has 0 aromatic heterocycles. The zero-order chi connectivity index (χ0) is 7.86. The van der Waals surface area contributed by atoms with Crippen molar-refractivity contribution in [1.29, 1.82) is 0 Å². The summed E-state index contributed by atoms with van der Waals surface area (Å²) < 4.78 is 0. The SMILES string of the molecule is CCC(=O)[O-].O=C([O-])[O-].[Ca+2].[Ca+2]. The van der Waals surface area contributed by atoms with Crippen LogP contribution in [0.25, 0.3) is 0 Å². The quantitative estimate of drug-likeness (QED) is 0.412. The molecule has 5 nitrogen and oxygen atoms in total. The average Bonchev–Trinajstić information content (AvgIpc) is 1.65. The fourth-order valence-electron chi connectivity index (χ4n) is 0. The molecule has 0 bridgehead atoms. The molecule has 7 heteroatoms. The van der Waals surface area contributed by atoms with E-state index >= 15 is 0 Å². The standard InChI is InChI=1S/C3H6O2.CH2O3.2Ca/c1-2-3(4)5;2-1(3)4;;/h2H2,1H3,(H,4,5);(H2,2,3,4);;/q;;2*+2/p-3. The van der Waals surface area contributed by atoms with E-state index in [1.54, 1.807) is 0 Å². The summed E-state index contributed by atoms with van der Waals surface area (Å²) in [4.78, 5) is 17.6. The molecule has 54 valence electrons. The third kappa shape index (κ3) is 90.9. The van der Waals surface area contributed by atoms with Gasteiger partial charge in [-0.1, -0.05) is 6.92 Å². The van der Waals surface area contributed by atoms with Gasteiger partial charge in [0.25, 0.3) is 0 Å². The van der Waals surface area contributed by atoms with E-state index in [0.717, 1.165) is 0 Å². The largest absolute Gasteiger partial charge is 2.00 e. The average molecular weight is 213 g/mol. The Kier molecular flexibility index (Phi) is 36.0. The Hall–Kier alpha value is 1.26. The Labute approximate surface area is 124 Å². The van der Waals surface area contributed by atoms with E-state index in [2.05, 4.69) is 0 Å². The van der Waals surface area contributed by atoms with Crippen molar-refractivity contribution in [3.63, 3.8) is 0 Å². The first-order chi connectivity index (χ1) is 4.00. The summed E-state index contributed by atoms with van der Waals surface area (Å²) in [6.45, 7) is 1.54. The third-order valence-electron chi connectivity index (χ3n) is 0.289. The number of carboxylic acids is 1. The number of carbonyl (C=O) groups excluding carboxylic acids is 2. The minimum absolute atomic E-state index is 0. The number of carboxylic acid groups (broad SMARTS) is 3. The first kappa shape index (κ1) is 22.8. The van der Waals surface area contributed by atoms with E-state index in [9.17, 15) is 9.90 Å². The molecule has 0 rings (SSSR count). The number of hydrogen-bond acceptors (Lipinski definition) is 5. The van der Waals surface area contributed by atoms with E-state index in [0.29, 0.717) is 0 Å². The second-order valence-electron chi connectivity index (χ2n) is 0.976. The van der Waals surface area contributed by atoms with E-state index in [-0.39, 0.29) is 81.9 Å². The Morgan fingerprint density at radius 2 is 1.18 bits per heavy atom. The maximum Gasteiger partial charge on any atom is 2.00 e. The van der Waals surface area contributed by atoms with Crippen LogP contribution in [-0.4, -0.2) is 87.6 Å². The molecule has 0 saturated heterocycles. The molecule has 0 aliphatic heterocycles. The molecule has 0 spiro atoms. The molecule has 0 heterocycles. The topological polar surface area (TPSA) is 103 Å². The normalized spacial score (nSPS) is 5.55. The molecule has 0 saturated carbocycles. The van der Waals surface area contributed by atoms with Crippen LogP contribution in [0.15, 0.2) is 0 Å². The molecule has 0 aliphatic carbocycles. The first-order valence-corrected chi connectivity index (χ1v) is 2.08. The van der Waals surface area contributed by atoms with Gasteiger partial charge in [0, 0.05) is 5.97 Å². The Morgan fingerprint density at radius 3 is 1.18 bits per heavy atom. The monoisotopic (exact) mass is 213 g/mol. The van der Waals surface area contributed by atoms with Crippen molar-refractivity contribution in [1.82, 2.24) is 0 Å². The molecular weight excluding hydrogens is 208 g/mol. The minimum atomic E-state index is -2.33. The smallest absolute Gasteiger partial charge is 0.652 e. The number of carbonyl (C=O) groups is 2. The molecule has 0 aromatic rings. The van der Waals surface area contributed by atoms with Crippen molar-refractivity contribution < 1.29 is 24.9 Å². The Morgan fingerprint density at radius 1 is 1.09 bits per heavy atom. The second-order valence-corrected chi connectivity index (χ2v) is 0.976. The molecule has 0 amide bonds. The van der Waals surface area contributed by atoms with Crippen molar-refractivity contribution in [3.05, 3.63) is 0 Å². The Balaban J connectivity index is -0.0000000383. The van der Waals surface area contributed by atoms with Gasteiger partial charge in [0.15, 0.2) is 0 Å². The van der Waals surface area contributed by atoms with E-state index < -0.39 is 12.1 Å². The number of rotatable bonds is 1. The van der Waals surface area contributed by atoms with Gasteiger partial charge in [0.05, 0.1) is 0 Å². The van der Waals surface area contributed by atoms with Gasteiger partial charge < -0.3 is 24.9 Å². The maximum atomic E-state index is 9.26. The molecule has 11 heavy (non-hydrogen) atoms. The van der Waals surface area contributed by atoms with Gasteiger partial charge in [-0.2, -0.15) is 0 Å². The van der Waals surface area contributed by atoms with Crippen molar-refractivity contribution in [3.8, 4) is 0 Å². The van der Waals surface area contributed by atoms with E-state index in [4.69, 9.17) is 15.0 Å². The van der Waals surface area contributed by atoms with E-state index in [1.165, 1.54) is 6.92 Å². The summed E-state index contributed by atoms with van der Waals surface area (Å²) in [6, 6.07) is 0. The molecule has 0 N–H and O–H groups in total. The zero-order valence-corrected chi connectivity index (χ0v) is 10.6. The van der Waals surface area contributed by atoms with Crippen LogP contribution in [0.1, 0.15) is 13.3 Å². The molecule has 0 aromatic carbocycles. The fourth-order valence-corrected chi connectivity index (χ4v) is 0. The van der Waals surface area contributed by atoms with Gasteiger partial charge in [-0.3, -0.25) is 0 Å². The van der Waals surface area contributed by atoms with Crippen LogP contribution in [-0.2, 0) is 4.79 Å². The number of aliphatic carboxylic acids is 1. The molecule has 0 fully saturated rings. The molecular formula is C4H5Ca2O5+. The molecule has 0 radical (unpaired) electrons. The summed E-state index contributed by atoms with van der Waals surface area (Å²) in [5.74, 6) is -0.995. The van der Waals surface area contributed by atoms with Crippen molar-refractivity contribution in [2.75, 3.05) is 0 Å². The van der Waals surface area contributed by atoms with Gasteiger partial charge in [0.2, 0.25) is 0 Å². The summed E-state index contributed by atoms with van der Waals surface area (Å²) in [5.41, 5.74) is 0. The van der Waals surface area contributed by atoms with Gasteiger partial charge in [-0.05, 0) is 12.6 Å². The predicted octanol–water partition coefficient (Wildman–Crippen LogP) is -4.06. The van der Waals surface area contributed by atoms with Crippen LogP contribution >= 0.6 is 0 Å². The Bertz CT molecular complexity index is 101. The minimum Gasteiger partial charge on any atom is -0.652 e. The predicted molar refractivity (Wildman–Crippen MR) is 32.2 cm³/mol. The van der Waals surface area contributed by atoms with Crippen LogP contribution in [0.2, 0.25) is 0 Å². The van der Waals surface area contributed by atoms with Crippen LogP contribution in [0, 0.1) is 0 Å². The molecule has 0 aliphatic rings.